The van der Waals surface area contributed by atoms with E-state index in [1.807, 2.05) is 0 Å². The first kappa shape index (κ1) is 19.0. The number of fused-ring (bicyclic) bond motifs is 1. The third-order valence-corrected chi connectivity index (χ3v) is 4.22. The number of hydrogen-bond donors (Lipinski definition) is 0. The molecule has 0 radical (unpaired) electrons. The predicted octanol–water partition coefficient (Wildman–Crippen LogP) is 7.03. The van der Waals surface area contributed by atoms with Gasteiger partial charge in [0.1, 0.15) is 0 Å². The molecule has 3 heteroatoms. The second kappa shape index (κ2) is 9.82. The Kier molecular flexibility index (Phi) is 8.10. The number of halogens is 2. The van der Waals surface area contributed by atoms with Crippen molar-refractivity contribution in [1.29, 1.82) is 0 Å². The summed E-state index contributed by atoms with van der Waals surface area (Å²) in [6.45, 7) is 4.48. The van der Waals surface area contributed by atoms with Gasteiger partial charge >= 0.3 is 37.9 Å². The molecule has 0 saturated heterocycles. The van der Waals surface area contributed by atoms with Gasteiger partial charge < -0.3 is 0 Å². The molecule has 3 rings (SSSR count). The molecule has 23 heavy (non-hydrogen) atoms. The molecule has 0 heterocycles. The fourth-order valence-electron chi connectivity index (χ4n) is 3.06. The Morgan fingerprint density at radius 2 is 1.70 bits per heavy atom. The van der Waals surface area contributed by atoms with Gasteiger partial charge in [-0.3, -0.25) is 0 Å². The topological polar surface area (TPSA) is 0 Å². The van der Waals surface area contributed by atoms with E-state index in [1.165, 1.54) is 40.7 Å². The third-order valence-electron chi connectivity index (χ3n) is 4.22. The molecular formula is C20H22Cl2Zr. The Morgan fingerprint density at radius 1 is 1.00 bits per heavy atom. The van der Waals surface area contributed by atoms with Crippen LogP contribution in [0.2, 0.25) is 0 Å². The Morgan fingerprint density at radius 3 is 2.30 bits per heavy atom. The van der Waals surface area contributed by atoms with Crippen LogP contribution in [0, 0.1) is 0 Å². The van der Waals surface area contributed by atoms with Crippen LogP contribution in [0.4, 0.5) is 0 Å². The van der Waals surface area contributed by atoms with Crippen molar-refractivity contribution in [1.82, 2.24) is 0 Å². The van der Waals surface area contributed by atoms with E-state index in [4.69, 9.17) is 17.0 Å². The average molecular weight is 425 g/mol. The fourth-order valence-corrected chi connectivity index (χ4v) is 3.06. The molecule has 0 fully saturated rings. The first-order chi connectivity index (χ1) is 11.2. The van der Waals surface area contributed by atoms with Gasteiger partial charge in [0.25, 0.3) is 0 Å². The molecule has 0 nitrogen and oxygen atoms in total. The first-order valence-electron chi connectivity index (χ1n) is 8.10. The molecule has 2 aromatic rings. The van der Waals surface area contributed by atoms with E-state index in [1.54, 1.807) is 5.57 Å². The molecule has 120 valence electrons. The van der Waals surface area contributed by atoms with Crippen LogP contribution in [-0.2, 0) is 33.7 Å². The Hall–Kier alpha value is -0.357. The second-order valence-corrected chi connectivity index (χ2v) is 9.46. The Labute approximate surface area is 158 Å². The van der Waals surface area contributed by atoms with Crippen molar-refractivity contribution in [2.45, 2.75) is 39.5 Å². The van der Waals surface area contributed by atoms with E-state index in [2.05, 4.69) is 62.4 Å². The van der Waals surface area contributed by atoms with Crippen molar-refractivity contribution in [2.75, 3.05) is 0 Å². The van der Waals surface area contributed by atoms with Crippen molar-refractivity contribution in [3.8, 4) is 11.1 Å². The van der Waals surface area contributed by atoms with E-state index in [-0.39, 0.29) is 0 Å². The van der Waals surface area contributed by atoms with Gasteiger partial charge in [-0.05, 0) is 47.1 Å². The maximum absolute atomic E-state index is 4.93. The van der Waals surface area contributed by atoms with Crippen molar-refractivity contribution in [3.05, 3.63) is 64.7 Å². The molecule has 0 aliphatic heterocycles. The van der Waals surface area contributed by atoms with E-state index in [0.29, 0.717) is 0 Å². The van der Waals surface area contributed by atoms with Crippen molar-refractivity contribution < 1.29 is 20.8 Å². The zero-order valence-corrected chi connectivity index (χ0v) is 17.7. The van der Waals surface area contributed by atoms with Crippen molar-refractivity contribution >= 4 is 23.1 Å². The quantitative estimate of drug-likeness (QED) is 0.494. The fraction of sp³-hybridized carbons (Fsp3) is 0.300. The monoisotopic (exact) mass is 422 g/mol. The van der Waals surface area contributed by atoms with Crippen LogP contribution in [0.1, 0.15) is 43.4 Å². The predicted molar refractivity (Wildman–Crippen MR) is 99.6 cm³/mol. The van der Waals surface area contributed by atoms with E-state index in [9.17, 15) is 0 Å². The number of aryl methyl sites for hydroxylation is 1. The third kappa shape index (κ3) is 5.06. The maximum atomic E-state index is 4.93. The molecule has 0 N–H and O–H groups in total. The molecule has 0 amide bonds. The molecule has 0 bridgehead atoms. The van der Waals surface area contributed by atoms with Gasteiger partial charge in [0, 0.05) is 0 Å². The summed E-state index contributed by atoms with van der Waals surface area (Å²) in [6, 6.07) is 15.8. The Bertz CT molecular complexity index is 660. The standard InChI is InChI=1S/C20H22.2ClH.Zr/c1-3-6-16-9-11-17(12-10-16)19-8-5-7-18-13-15(4-2)14-20(18)19;;;/h5,7-12,14H,3-4,6,13H2,1-2H3;2*1H;/q;;;+2/p-2. The summed E-state index contributed by atoms with van der Waals surface area (Å²) in [5.74, 6) is 0. The van der Waals surface area contributed by atoms with Crippen LogP contribution < -0.4 is 0 Å². The van der Waals surface area contributed by atoms with Gasteiger partial charge in [0.05, 0.1) is 0 Å². The SMILES string of the molecule is CCCc1ccc(-c2cccc3c2C=C(CC)C3)cc1.[Cl][Zr][Cl]. The second-order valence-electron chi connectivity index (χ2n) is 5.73. The number of benzene rings is 2. The molecule has 1 aliphatic carbocycles. The molecule has 0 atom stereocenters. The molecule has 0 saturated carbocycles. The van der Waals surface area contributed by atoms with Crippen LogP contribution in [0.5, 0.6) is 0 Å². The zero-order chi connectivity index (χ0) is 16.7. The summed E-state index contributed by atoms with van der Waals surface area (Å²) in [5, 5.41) is 0. The minimum absolute atomic E-state index is 0.826. The molecule has 1 aliphatic rings. The normalized spacial score (nSPS) is 12.1. The molecule has 0 aromatic heterocycles. The van der Waals surface area contributed by atoms with Crippen LogP contribution in [0.3, 0.4) is 0 Å². The number of rotatable bonds is 4. The van der Waals surface area contributed by atoms with E-state index < -0.39 is 20.8 Å². The van der Waals surface area contributed by atoms with E-state index >= 15 is 0 Å². The van der Waals surface area contributed by atoms with Gasteiger partial charge in [0.15, 0.2) is 0 Å². The summed E-state index contributed by atoms with van der Waals surface area (Å²) in [5.41, 5.74) is 8.64. The summed E-state index contributed by atoms with van der Waals surface area (Å²) in [4.78, 5) is 0. The minimum atomic E-state index is -0.826. The molecule has 0 spiro atoms. The summed E-state index contributed by atoms with van der Waals surface area (Å²) >= 11 is -0.826. The van der Waals surface area contributed by atoms with Crippen molar-refractivity contribution in [2.24, 2.45) is 0 Å². The summed E-state index contributed by atoms with van der Waals surface area (Å²) in [7, 11) is 9.87. The van der Waals surface area contributed by atoms with Gasteiger partial charge in [-0.2, -0.15) is 0 Å². The van der Waals surface area contributed by atoms with Crippen LogP contribution in [0.15, 0.2) is 48.0 Å². The van der Waals surface area contributed by atoms with Gasteiger partial charge in [-0.15, -0.1) is 0 Å². The van der Waals surface area contributed by atoms with E-state index in [0.717, 1.165) is 12.8 Å². The molecule has 2 aromatic carbocycles. The number of hydrogen-bond acceptors (Lipinski definition) is 0. The van der Waals surface area contributed by atoms with Gasteiger partial charge in [0.2, 0.25) is 0 Å². The van der Waals surface area contributed by atoms with Crippen molar-refractivity contribution in [3.63, 3.8) is 0 Å². The van der Waals surface area contributed by atoms with Crippen LogP contribution in [0.25, 0.3) is 17.2 Å². The molecular weight excluding hydrogens is 402 g/mol. The number of allylic oxidation sites excluding steroid dienone is 1. The zero-order valence-electron chi connectivity index (χ0n) is 13.7. The summed E-state index contributed by atoms with van der Waals surface area (Å²) in [6.07, 6.45) is 7.07. The first-order valence-corrected chi connectivity index (χ1v) is 14.4. The van der Waals surface area contributed by atoms with Gasteiger partial charge in [-0.1, -0.05) is 74.4 Å². The Balaban J connectivity index is 0.000000595. The van der Waals surface area contributed by atoms with Gasteiger partial charge in [-0.25, -0.2) is 0 Å². The molecule has 0 unspecified atom stereocenters. The van der Waals surface area contributed by atoms with Crippen LogP contribution >= 0.6 is 17.0 Å². The average Bonchev–Trinajstić information content (AvgIpc) is 3.00. The summed E-state index contributed by atoms with van der Waals surface area (Å²) < 4.78 is 0. The van der Waals surface area contributed by atoms with Crippen LogP contribution in [-0.4, -0.2) is 0 Å².